The summed E-state index contributed by atoms with van der Waals surface area (Å²) in [6, 6.07) is 3.57. The van der Waals surface area contributed by atoms with E-state index in [2.05, 4.69) is 14.9 Å². The van der Waals surface area contributed by atoms with E-state index in [1.807, 2.05) is 0 Å². The molecule has 0 bridgehead atoms. The van der Waals surface area contributed by atoms with Crippen LogP contribution in [0.4, 0.5) is 10.1 Å². The van der Waals surface area contributed by atoms with Gasteiger partial charge in [0.2, 0.25) is 0 Å². The molecule has 96 valence electrons. The number of sulfonamides is 1. The summed E-state index contributed by atoms with van der Waals surface area (Å²) < 4.78 is 39.2. The van der Waals surface area contributed by atoms with Crippen molar-refractivity contribution in [1.82, 2.24) is 10.2 Å². The number of anilines is 1. The predicted octanol–water partition coefficient (Wildman–Crippen LogP) is 2.31. The molecule has 2 aromatic rings. The Morgan fingerprint density at radius 2 is 2.17 bits per heavy atom. The van der Waals surface area contributed by atoms with Crippen molar-refractivity contribution in [3.8, 4) is 0 Å². The quantitative estimate of drug-likeness (QED) is 0.910. The van der Waals surface area contributed by atoms with Crippen molar-refractivity contribution in [3.63, 3.8) is 0 Å². The van der Waals surface area contributed by atoms with Crippen molar-refractivity contribution in [3.05, 3.63) is 40.9 Å². The normalized spacial score (nSPS) is 11.5. The maximum absolute atomic E-state index is 12.9. The summed E-state index contributed by atoms with van der Waals surface area (Å²) in [6.45, 7) is 1.58. The van der Waals surface area contributed by atoms with Gasteiger partial charge in [-0.2, -0.15) is 5.10 Å². The third kappa shape index (κ3) is 2.46. The van der Waals surface area contributed by atoms with Crippen molar-refractivity contribution in [1.29, 1.82) is 0 Å². The third-order valence-electron chi connectivity index (χ3n) is 2.24. The molecule has 0 unspecified atom stereocenters. The number of H-pyrrole nitrogens is 1. The highest BCUT2D eigenvalue weighted by Crippen LogP contribution is 2.22. The molecule has 0 fully saturated rings. The van der Waals surface area contributed by atoms with Gasteiger partial charge in [-0.25, -0.2) is 12.8 Å². The number of aryl methyl sites for hydroxylation is 1. The van der Waals surface area contributed by atoms with E-state index < -0.39 is 15.8 Å². The Kier molecular flexibility index (Phi) is 3.27. The fourth-order valence-corrected chi connectivity index (χ4v) is 2.75. The van der Waals surface area contributed by atoms with Gasteiger partial charge in [0, 0.05) is 0 Å². The van der Waals surface area contributed by atoms with E-state index in [0.717, 1.165) is 6.07 Å². The maximum atomic E-state index is 12.9. The van der Waals surface area contributed by atoms with Gasteiger partial charge in [0.1, 0.15) is 10.7 Å². The lowest BCUT2D eigenvalue weighted by Gasteiger charge is -2.07. The molecule has 0 aliphatic heterocycles. The number of nitrogens with one attached hydrogen (secondary N) is 2. The first-order valence-electron chi connectivity index (χ1n) is 4.88. The Morgan fingerprint density at radius 3 is 2.72 bits per heavy atom. The number of rotatable bonds is 3. The minimum Gasteiger partial charge on any atom is -0.281 e. The highest BCUT2D eigenvalue weighted by Gasteiger charge is 2.18. The largest absolute Gasteiger partial charge is 0.281 e. The van der Waals surface area contributed by atoms with Crippen molar-refractivity contribution in [2.24, 2.45) is 0 Å². The zero-order valence-electron chi connectivity index (χ0n) is 9.24. The van der Waals surface area contributed by atoms with Crippen LogP contribution in [0.2, 0.25) is 5.02 Å². The van der Waals surface area contributed by atoms with Crippen LogP contribution >= 0.6 is 11.6 Å². The second kappa shape index (κ2) is 4.58. The number of nitrogens with zero attached hydrogens (tertiary/aromatic N) is 1. The monoisotopic (exact) mass is 289 g/mol. The van der Waals surface area contributed by atoms with Crippen LogP contribution in [0.1, 0.15) is 5.69 Å². The smallest absolute Gasteiger partial charge is 0.265 e. The molecule has 1 heterocycles. The van der Waals surface area contributed by atoms with Crippen molar-refractivity contribution in [2.45, 2.75) is 11.8 Å². The highest BCUT2D eigenvalue weighted by molar-refractivity contribution is 7.92. The summed E-state index contributed by atoms with van der Waals surface area (Å²) in [5.41, 5.74) is 0.595. The first-order valence-corrected chi connectivity index (χ1v) is 6.74. The molecule has 5 nitrogen and oxygen atoms in total. The predicted molar refractivity (Wildman–Crippen MR) is 65.5 cm³/mol. The molecule has 2 rings (SSSR count). The molecular formula is C10H9ClFN3O2S. The molecule has 0 atom stereocenters. The van der Waals surface area contributed by atoms with Crippen LogP contribution < -0.4 is 4.72 Å². The number of aromatic nitrogens is 2. The highest BCUT2D eigenvalue weighted by atomic mass is 35.5. The topological polar surface area (TPSA) is 74.8 Å². The molecule has 0 saturated heterocycles. The van der Waals surface area contributed by atoms with E-state index in [1.54, 1.807) is 6.92 Å². The molecule has 0 radical (unpaired) electrons. The van der Waals surface area contributed by atoms with Crippen LogP contribution in [-0.4, -0.2) is 18.6 Å². The fraction of sp³-hybridized carbons (Fsp3) is 0.100. The van der Waals surface area contributed by atoms with E-state index in [9.17, 15) is 12.8 Å². The first kappa shape index (κ1) is 12.8. The van der Waals surface area contributed by atoms with Crippen LogP contribution in [0.15, 0.2) is 29.3 Å². The van der Waals surface area contributed by atoms with Gasteiger partial charge in [-0.1, -0.05) is 11.6 Å². The summed E-state index contributed by atoms with van der Waals surface area (Å²) >= 11 is 5.57. The number of benzene rings is 1. The molecule has 1 aromatic heterocycles. The minimum absolute atomic E-state index is 0.0305. The molecule has 0 amide bonds. The standard InChI is InChI=1S/C10H9ClFN3O2S/c1-6-10(5-13-14-6)18(16,17)15-7-2-3-9(12)8(11)4-7/h2-5,15H,1H3,(H,13,14). The SMILES string of the molecule is Cc1[nH]ncc1S(=O)(=O)Nc1ccc(F)c(Cl)c1. The lowest BCUT2D eigenvalue weighted by molar-refractivity contribution is 0.600. The van der Waals surface area contributed by atoms with Crippen LogP contribution in [0.25, 0.3) is 0 Å². The van der Waals surface area contributed by atoms with Crippen molar-refractivity contribution in [2.75, 3.05) is 4.72 Å². The van der Waals surface area contributed by atoms with Crippen molar-refractivity contribution >= 4 is 27.3 Å². The van der Waals surface area contributed by atoms with Crippen LogP contribution in [-0.2, 0) is 10.0 Å². The Bertz CT molecular complexity index is 684. The summed E-state index contributed by atoms with van der Waals surface area (Å²) in [5, 5.41) is 6.00. The molecule has 1 aromatic carbocycles. The van der Waals surface area contributed by atoms with Gasteiger partial charge in [-0.3, -0.25) is 9.82 Å². The molecule has 0 aliphatic carbocycles. The van der Waals surface area contributed by atoms with E-state index in [4.69, 9.17) is 11.6 Å². The average Bonchev–Trinajstić information content (AvgIpc) is 2.70. The molecule has 0 saturated carbocycles. The zero-order valence-corrected chi connectivity index (χ0v) is 10.8. The van der Waals surface area contributed by atoms with Gasteiger partial charge in [0.05, 0.1) is 22.6 Å². The molecule has 8 heteroatoms. The van der Waals surface area contributed by atoms with Crippen LogP contribution in [0.5, 0.6) is 0 Å². The molecule has 0 aliphatic rings. The van der Waals surface area contributed by atoms with Gasteiger partial charge >= 0.3 is 0 Å². The van der Waals surface area contributed by atoms with Gasteiger partial charge in [-0.15, -0.1) is 0 Å². The number of hydrogen-bond acceptors (Lipinski definition) is 3. The first-order chi connectivity index (χ1) is 8.40. The lowest BCUT2D eigenvalue weighted by Crippen LogP contribution is -2.13. The molecule has 18 heavy (non-hydrogen) atoms. The number of aromatic amines is 1. The van der Waals surface area contributed by atoms with Gasteiger partial charge in [-0.05, 0) is 25.1 Å². The Morgan fingerprint density at radius 1 is 1.44 bits per heavy atom. The van der Waals surface area contributed by atoms with Crippen molar-refractivity contribution < 1.29 is 12.8 Å². The zero-order chi connectivity index (χ0) is 13.3. The summed E-state index contributed by atoms with van der Waals surface area (Å²) in [6.07, 6.45) is 1.20. The molecule has 0 spiro atoms. The van der Waals surface area contributed by atoms with Gasteiger partial charge < -0.3 is 0 Å². The average molecular weight is 290 g/mol. The van der Waals surface area contributed by atoms with E-state index in [0.29, 0.717) is 5.69 Å². The summed E-state index contributed by atoms with van der Waals surface area (Å²) in [4.78, 5) is 0.0305. The fourth-order valence-electron chi connectivity index (χ4n) is 1.38. The van der Waals surface area contributed by atoms with E-state index >= 15 is 0 Å². The van der Waals surface area contributed by atoms with E-state index in [1.165, 1.54) is 18.3 Å². The summed E-state index contributed by atoms with van der Waals surface area (Å²) in [7, 11) is -3.76. The third-order valence-corrected chi connectivity index (χ3v) is 4.03. The minimum atomic E-state index is -3.76. The number of hydrogen-bond donors (Lipinski definition) is 2. The maximum Gasteiger partial charge on any atom is 0.265 e. The van der Waals surface area contributed by atoms with Gasteiger partial charge in [0.15, 0.2) is 0 Å². The number of halogens is 2. The lowest BCUT2D eigenvalue weighted by atomic mass is 10.3. The molecular weight excluding hydrogens is 281 g/mol. The van der Waals surface area contributed by atoms with Gasteiger partial charge in [0.25, 0.3) is 10.0 Å². The molecule has 2 N–H and O–H groups in total. The Balaban J connectivity index is 2.34. The van der Waals surface area contributed by atoms with Crippen LogP contribution in [0, 0.1) is 12.7 Å². The second-order valence-electron chi connectivity index (χ2n) is 3.59. The Hall–Kier alpha value is -1.60. The Labute approximate surface area is 108 Å². The van der Waals surface area contributed by atoms with Crippen LogP contribution in [0.3, 0.4) is 0 Å². The summed E-state index contributed by atoms with van der Waals surface area (Å²) in [5.74, 6) is -0.612. The van der Waals surface area contributed by atoms with E-state index in [-0.39, 0.29) is 15.6 Å². The second-order valence-corrected chi connectivity index (χ2v) is 5.65.